The van der Waals surface area contributed by atoms with Crippen LogP contribution in [0.5, 0.6) is 0 Å². The van der Waals surface area contributed by atoms with Crippen LogP contribution in [0.15, 0.2) is 42.6 Å². The molecule has 0 amide bonds. The van der Waals surface area contributed by atoms with E-state index in [1.54, 1.807) is 19.4 Å². The normalized spacial score (nSPS) is 9.89. The molecule has 4 nitrogen and oxygen atoms in total. The Morgan fingerprint density at radius 1 is 1.26 bits per heavy atom. The Morgan fingerprint density at radius 2 is 2.11 bits per heavy atom. The van der Waals surface area contributed by atoms with Gasteiger partial charge in [-0.2, -0.15) is 5.26 Å². The highest BCUT2D eigenvalue weighted by molar-refractivity contribution is 5.43. The Bertz CT molecular complexity index is 573. The summed E-state index contributed by atoms with van der Waals surface area (Å²) in [7, 11) is 1.69. The Hall–Kier alpha value is -2.38. The molecule has 0 radical (unpaired) electrons. The number of ether oxygens (including phenoxy) is 1. The van der Waals surface area contributed by atoms with Crippen LogP contribution in [0.25, 0.3) is 0 Å². The Kier molecular flexibility index (Phi) is 4.49. The molecule has 0 aliphatic rings. The molecule has 2 aromatic rings. The van der Waals surface area contributed by atoms with Gasteiger partial charge in [0.2, 0.25) is 0 Å². The molecule has 0 aliphatic carbocycles. The maximum Gasteiger partial charge on any atom is 0.140 e. The number of nitrogens with zero attached hydrogens (tertiary/aromatic N) is 2. The fourth-order valence-electron chi connectivity index (χ4n) is 1.76. The molecule has 0 atom stereocenters. The minimum absolute atomic E-state index is 0.424. The first-order valence-electron chi connectivity index (χ1n) is 5.98. The number of hydrogen-bond acceptors (Lipinski definition) is 4. The summed E-state index contributed by atoms with van der Waals surface area (Å²) in [6.07, 6.45) is 1.66. The molecule has 0 saturated carbocycles. The molecule has 0 unspecified atom stereocenters. The number of methoxy groups -OCH3 is 1. The Balaban J connectivity index is 1.97. The third-order valence-electron chi connectivity index (χ3n) is 2.68. The lowest BCUT2D eigenvalue weighted by Gasteiger charge is -2.07. The van der Waals surface area contributed by atoms with E-state index in [1.807, 2.05) is 24.3 Å². The van der Waals surface area contributed by atoms with Crippen molar-refractivity contribution in [2.75, 3.05) is 12.4 Å². The zero-order chi connectivity index (χ0) is 13.5. The number of nitrogens with one attached hydrogen (secondary N) is 1. The molecule has 0 saturated heterocycles. The minimum atomic E-state index is 0.424. The average Bonchev–Trinajstić information content (AvgIpc) is 2.46. The second-order valence-corrected chi connectivity index (χ2v) is 4.15. The van der Waals surface area contributed by atoms with Crippen LogP contribution in [0.3, 0.4) is 0 Å². The summed E-state index contributed by atoms with van der Waals surface area (Å²) >= 11 is 0. The lowest BCUT2D eigenvalue weighted by atomic mass is 10.1. The topological polar surface area (TPSA) is 57.9 Å². The quantitative estimate of drug-likeness (QED) is 0.890. The molecule has 0 fully saturated rings. The number of benzene rings is 1. The minimum Gasteiger partial charge on any atom is -0.380 e. The second-order valence-electron chi connectivity index (χ2n) is 4.15. The Morgan fingerprint density at radius 3 is 2.79 bits per heavy atom. The highest BCUT2D eigenvalue weighted by Crippen LogP contribution is 2.10. The molecule has 0 bridgehead atoms. The number of hydrogen-bond donors (Lipinski definition) is 1. The molecule has 2 rings (SSSR count). The Labute approximate surface area is 112 Å². The van der Waals surface area contributed by atoms with Crippen LogP contribution in [-0.4, -0.2) is 12.1 Å². The standard InChI is InChI=1S/C15H15N3O/c1-19-11-13-4-2-3-12(7-13)9-17-15-6-5-14(8-16)18-10-15/h2-7,10,17H,9,11H2,1H3. The summed E-state index contributed by atoms with van der Waals surface area (Å²) in [5, 5.41) is 11.9. The lowest BCUT2D eigenvalue weighted by molar-refractivity contribution is 0.185. The second kappa shape index (κ2) is 6.53. The maximum absolute atomic E-state index is 8.67. The van der Waals surface area contributed by atoms with Crippen LogP contribution >= 0.6 is 0 Å². The van der Waals surface area contributed by atoms with E-state index in [1.165, 1.54) is 5.56 Å². The van der Waals surface area contributed by atoms with Crippen LogP contribution in [0, 0.1) is 11.3 Å². The van der Waals surface area contributed by atoms with Crippen LogP contribution in [0.2, 0.25) is 0 Å². The van der Waals surface area contributed by atoms with E-state index in [0.717, 1.165) is 11.3 Å². The van der Waals surface area contributed by atoms with E-state index in [9.17, 15) is 0 Å². The molecule has 0 spiro atoms. The lowest BCUT2D eigenvalue weighted by Crippen LogP contribution is -2.01. The predicted molar refractivity (Wildman–Crippen MR) is 73.4 cm³/mol. The number of nitriles is 1. The van der Waals surface area contributed by atoms with E-state index < -0.39 is 0 Å². The zero-order valence-electron chi connectivity index (χ0n) is 10.8. The van der Waals surface area contributed by atoms with Crippen molar-refractivity contribution in [2.24, 2.45) is 0 Å². The summed E-state index contributed by atoms with van der Waals surface area (Å²) in [6.45, 7) is 1.33. The van der Waals surface area contributed by atoms with Gasteiger partial charge in [0.15, 0.2) is 0 Å². The summed E-state index contributed by atoms with van der Waals surface area (Å²) in [4.78, 5) is 4.01. The largest absolute Gasteiger partial charge is 0.380 e. The van der Waals surface area contributed by atoms with Gasteiger partial charge in [-0.05, 0) is 23.3 Å². The molecule has 1 N–H and O–H groups in total. The van der Waals surface area contributed by atoms with Gasteiger partial charge in [0, 0.05) is 13.7 Å². The van der Waals surface area contributed by atoms with Crippen molar-refractivity contribution in [3.05, 3.63) is 59.4 Å². The number of aromatic nitrogens is 1. The summed E-state index contributed by atoms with van der Waals surface area (Å²) in [5.74, 6) is 0. The summed E-state index contributed by atoms with van der Waals surface area (Å²) in [5.41, 5.74) is 3.66. The third kappa shape index (κ3) is 3.80. The van der Waals surface area contributed by atoms with Crippen LogP contribution in [-0.2, 0) is 17.9 Å². The van der Waals surface area contributed by atoms with Crippen molar-refractivity contribution < 1.29 is 4.74 Å². The van der Waals surface area contributed by atoms with Crippen molar-refractivity contribution in [1.82, 2.24) is 4.98 Å². The summed E-state index contributed by atoms with van der Waals surface area (Å²) in [6, 6.07) is 13.8. The van der Waals surface area contributed by atoms with E-state index in [-0.39, 0.29) is 0 Å². The van der Waals surface area contributed by atoms with E-state index >= 15 is 0 Å². The molecular formula is C15H15N3O. The fraction of sp³-hybridized carbons (Fsp3) is 0.200. The van der Waals surface area contributed by atoms with Gasteiger partial charge < -0.3 is 10.1 Å². The van der Waals surface area contributed by atoms with E-state index in [4.69, 9.17) is 10.00 Å². The SMILES string of the molecule is COCc1cccc(CNc2ccc(C#N)nc2)c1. The first kappa shape index (κ1) is 13.1. The molecule has 1 heterocycles. The maximum atomic E-state index is 8.67. The van der Waals surface area contributed by atoms with Crippen LogP contribution in [0.4, 0.5) is 5.69 Å². The van der Waals surface area contributed by atoms with Gasteiger partial charge in [-0.3, -0.25) is 0 Å². The smallest absolute Gasteiger partial charge is 0.140 e. The molecule has 19 heavy (non-hydrogen) atoms. The average molecular weight is 253 g/mol. The zero-order valence-corrected chi connectivity index (χ0v) is 10.8. The van der Waals surface area contributed by atoms with Crippen molar-refractivity contribution in [1.29, 1.82) is 5.26 Å². The van der Waals surface area contributed by atoms with Gasteiger partial charge in [0.1, 0.15) is 11.8 Å². The van der Waals surface area contributed by atoms with Crippen molar-refractivity contribution in [3.8, 4) is 6.07 Å². The van der Waals surface area contributed by atoms with Crippen molar-refractivity contribution in [3.63, 3.8) is 0 Å². The third-order valence-corrected chi connectivity index (χ3v) is 2.68. The monoisotopic (exact) mass is 253 g/mol. The molecular weight excluding hydrogens is 238 g/mol. The molecule has 1 aromatic heterocycles. The van der Waals surface area contributed by atoms with Crippen LogP contribution in [0.1, 0.15) is 16.8 Å². The number of anilines is 1. The van der Waals surface area contributed by atoms with Gasteiger partial charge in [0.25, 0.3) is 0 Å². The summed E-state index contributed by atoms with van der Waals surface area (Å²) < 4.78 is 5.11. The highest BCUT2D eigenvalue weighted by atomic mass is 16.5. The van der Waals surface area contributed by atoms with Crippen LogP contribution < -0.4 is 5.32 Å². The van der Waals surface area contributed by atoms with Gasteiger partial charge in [-0.25, -0.2) is 4.98 Å². The van der Waals surface area contributed by atoms with Crippen molar-refractivity contribution >= 4 is 5.69 Å². The van der Waals surface area contributed by atoms with Crippen molar-refractivity contribution in [2.45, 2.75) is 13.2 Å². The highest BCUT2D eigenvalue weighted by Gasteiger charge is 1.98. The van der Waals surface area contributed by atoms with Gasteiger partial charge in [0.05, 0.1) is 18.5 Å². The van der Waals surface area contributed by atoms with Gasteiger partial charge in [-0.15, -0.1) is 0 Å². The van der Waals surface area contributed by atoms with Gasteiger partial charge in [-0.1, -0.05) is 24.3 Å². The molecule has 96 valence electrons. The number of rotatable bonds is 5. The first-order valence-corrected chi connectivity index (χ1v) is 5.98. The van der Waals surface area contributed by atoms with E-state index in [2.05, 4.69) is 22.4 Å². The predicted octanol–water partition coefficient (Wildman–Crippen LogP) is 2.71. The number of pyridine rings is 1. The first-order chi connectivity index (χ1) is 9.31. The molecule has 4 heteroatoms. The van der Waals surface area contributed by atoms with Gasteiger partial charge >= 0.3 is 0 Å². The van der Waals surface area contributed by atoms with E-state index in [0.29, 0.717) is 18.8 Å². The molecule has 1 aromatic carbocycles. The fourth-order valence-corrected chi connectivity index (χ4v) is 1.76. The molecule has 0 aliphatic heterocycles.